The van der Waals surface area contributed by atoms with Crippen LogP contribution < -0.4 is 5.32 Å². The maximum Gasteiger partial charge on any atom is 0.0476 e. The predicted molar refractivity (Wildman–Crippen MR) is 49.1 cm³/mol. The second-order valence-corrected chi connectivity index (χ2v) is 3.44. The molecule has 3 heteroatoms. The Morgan fingerprint density at radius 2 is 2.27 bits per heavy atom. The Balaban J connectivity index is 0.000001000. The van der Waals surface area contributed by atoms with E-state index in [0.29, 0.717) is 12.5 Å². The molecule has 1 rings (SSSR count). The molecule has 0 aromatic carbocycles. The fraction of sp³-hybridized carbons (Fsp3) is 1.00. The Morgan fingerprint density at radius 3 is 2.64 bits per heavy atom. The summed E-state index contributed by atoms with van der Waals surface area (Å²) in [6.45, 7) is 2.53. The van der Waals surface area contributed by atoms with E-state index in [4.69, 9.17) is 5.11 Å². The average molecular weight is 180 g/mol. The first-order chi connectivity index (χ1) is 4.73. The lowest BCUT2D eigenvalue weighted by atomic mass is 9.90. The van der Waals surface area contributed by atoms with E-state index in [1.54, 1.807) is 0 Å². The molecule has 0 spiro atoms. The van der Waals surface area contributed by atoms with Crippen molar-refractivity contribution >= 4 is 12.4 Å². The quantitative estimate of drug-likeness (QED) is 0.668. The van der Waals surface area contributed by atoms with Gasteiger partial charge in [0.25, 0.3) is 0 Å². The third-order valence-electron chi connectivity index (χ3n) is 2.94. The number of hydrogen-bond acceptors (Lipinski definition) is 2. The maximum absolute atomic E-state index is 8.99. The minimum Gasteiger partial charge on any atom is -0.396 e. The van der Waals surface area contributed by atoms with Crippen molar-refractivity contribution in [3.8, 4) is 0 Å². The second-order valence-electron chi connectivity index (χ2n) is 3.44. The molecule has 0 radical (unpaired) electrons. The van der Waals surface area contributed by atoms with Crippen molar-refractivity contribution in [2.24, 2.45) is 5.92 Å². The molecule has 0 aromatic heterocycles. The van der Waals surface area contributed by atoms with Gasteiger partial charge in [0, 0.05) is 12.1 Å². The Hall–Kier alpha value is 0.210. The van der Waals surface area contributed by atoms with E-state index >= 15 is 0 Å². The van der Waals surface area contributed by atoms with Gasteiger partial charge in [-0.2, -0.15) is 0 Å². The summed E-state index contributed by atoms with van der Waals surface area (Å²) in [4.78, 5) is 0. The van der Waals surface area contributed by atoms with Crippen LogP contribution in [0.4, 0.5) is 0 Å². The highest BCUT2D eigenvalue weighted by molar-refractivity contribution is 5.85. The summed E-state index contributed by atoms with van der Waals surface area (Å²) in [5, 5.41) is 12.3. The van der Waals surface area contributed by atoms with Crippen LogP contribution >= 0.6 is 12.4 Å². The zero-order valence-corrected chi connectivity index (χ0v) is 8.08. The lowest BCUT2D eigenvalue weighted by Crippen LogP contribution is -2.44. The molecule has 0 aromatic rings. The highest BCUT2D eigenvalue weighted by Gasteiger charge is 2.36. The van der Waals surface area contributed by atoms with Gasteiger partial charge in [0.2, 0.25) is 0 Å². The third kappa shape index (κ3) is 2.08. The van der Waals surface area contributed by atoms with E-state index < -0.39 is 0 Å². The van der Waals surface area contributed by atoms with Gasteiger partial charge >= 0.3 is 0 Å². The molecule has 1 fully saturated rings. The Morgan fingerprint density at radius 1 is 1.64 bits per heavy atom. The predicted octanol–water partition coefficient (Wildman–Crippen LogP) is 1.18. The van der Waals surface area contributed by atoms with E-state index in [9.17, 15) is 0 Å². The first-order valence-corrected chi connectivity index (χ1v) is 4.02. The summed E-state index contributed by atoms with van der Waals surface area (Å²) in [5.74, 6) is 0.470. The maximum atomic E-state index is 8.99. The molecule has 1 aliphatic rings. The van der Waals surface area contributed by atoms with Crippen LogP contribution in [0.3, 0.4) is 0 Å². The van der Waals surface area contributed by atoms with Gasteiger partial charge < -0.3 is 10.4 Å². The van der Waals surface area contributed by atoms with Crippen LogP contribution in [0.15, 0.2) is 0 Å². The van der Waals surface area contributed by atoms with Crippen LogP contribution in [-0.4, -0.2) is 24.3 Å². The summed E-state index contributed by atoms with van der Waals surface area (Å²) >= 11 is 0. The molecule has 0 amide bonds. The number of rotatable bonds is 2. The molecule has 1 saturated carbocycles. The summed E-state index contributed by atoms with van der Waals surface area (Å²) in [6.07, 6.45) is 3.63. The normalized spacial score (nSPS) is 36.8. The highest BCUT2D eigenvalue weighted by atomic mass is 35.5. The van der Waals surface area contributed by atoms with Gasteiger partial charge in [-0.15, -0.1) is 12.4 Å². The first kappa shape index (κ1) is 11.2. The van der Waals surface area contributed by atoms with Gasteiger partial charge in [-0.3, -0.25) is 0 Å². The highest BCUT2D eigenvalue weighted by Crippen LogP contribution is 2.34. The molecule has 2 atom stereocenters. The first-order valence-electron chi connectivity index (χ1n) is 4.02. The molecule has 2 nitrogen and oxygen atoms in total. The van der Waals surface area contributed by atoms with E-state index in [-0.39, 0.29) is 17.9 Å². The molecule has 0 heterocycles. The van der Waals surface area contributed by atoms with Crippen LogP contribution in [-0.2, 0) is 0 Å². The minimum atomic E-state index is 0. The van der Waals surface area contributed by atoms with Gasteiger partial charge in [0.05, 0.1) is 0 Å². The Kier molecular flexibility index (Phi) is 4.37. The van der Waals surface area contributed by atoms with E-state index in [0.717, 1.165) is 0 Å². The number of halogens is 1. The Bertz CT molecular complexity index is 121. The van der Waals surface area contributed by atoms with Crippen LogP contribution in [0.5, 0.6) is 0 Å². The molecular weight excluding hydrogens is 162 g/mol. The molecule has 0 saturated heterocycles. The molecule has 2 unspecified atom stereocenters. The molecule has 68 valence electrons. The van der Waals surface area contributed by atoms with Gasteiger partial charge in [0.1, 0.15) is 0 Å². The average Bonchev–Trinajstić information content (AvgIpc) is 2.32. The van der Waals surface area contributed by atoms with Crippen LogP contribution in [0.25, 0.3) is 0 Å². The summed E-state index contributed by atoms with van der Waals surface area (Å²) in [6, 6.07) is 0. The van der Waals surface area contributed by atoms with Crippen molar-refractivity contribution < 1.29 is 5.11 Å². The van der Waals surface area contributed by atoms with Crippen molar-refractivity contribution in [2.45, 2.75) is 31.7 Å². The lowest BCUT2D eigenvalue weighted by Gasteiger charge is -2.29. The zero-order chi connectivity index (χ0) is 7.61. The molecule has 0 aliphatic heterocycles. The van der Waals surface area contributed by atoms with Gasteiger partial charge in [-0.1, -0.05) is 6.42 Å². The van der Waals surface area contributed by atoms with Crippen LogP contribution in [0.2, 0.25) is 0 Å². The van der Waals surface area contributed by atoms with E-state index in [1.165, 1.54) is 19.3 Å². The Labute approximate surface area is 74.8 Å². The number of nitrogens with one attached hydrogen (secondary N) is 1. The van der Waals surface area contributed by atoms with Crippen molar-refractivity contribution in [1.82, 2.24) is 5.32 Å². The largest absolute Gasteiger partial charge is 0.396 e. The molecule has 11 heavy (non-hydrogen) atoms. The minimum absolute atomic E-state index is 0. The number of aliphatic hydroxyl groups is 1. The van der Waals surface area contributed by atoms with Crippen molar-refractivity contribution in [2.75, 3.05) is 13.7 Å². The van der Waals surface area contributed by atoms with Gasteiger partial charge in [-0.25, -0.2) is 0 Å². The van der Waals surface area contributed by atoms with Crippen LogP contribution in [0.1, 0.15) is 26.2 Å². The molecular formula is C8H18ClNO. The van der Waals surface area contributed by atoms with Gasteiger partial charge in [-0.05, 0) is 32.7 Å². The SMILES string of the molecule is CNC1(C)CCCC1CO.Cl. The van der Waals surface area contributed by atoms with E-state index in [2.05, 4.69) is 12.2 Å². The topological polar surface area (TPSA) is 32.3 Å². The third-order valence-corrected chi connectivity index (χ3v) is 2.94. The number of aliphatic hydroxyl groups excluding tert-OH is 1. The van der Waals surface area contributed by atoms with Crippen LogP contribution in [0, 0.1) is 5.92 Å². The molecule has 2 N–H and O–H groups in total. The smallest absolute Gasteiger partial charge is 0.0476 e. The summed E-state index contributed by atoms with van der Waals surface area (Å²) in [5.41, 5.74) is 0.203. The van der Waals surface area contributed by atoms with Crippen molar-refractivity contribution in [3.05, 3.63) is 0 Å². The van der Waals surface area contributed by atoms with Crippen molar-refractivity contribution in [3.63, 3.8) is 0 Å². The van der Waals surface area contributed by atoms with Crippen molar-refractivity contribution in [1.29, 1.82) is 0 Å². The van der Waals surface area contributed by atoms with E-state index in [1.807, 2.05) is 7.05 Å². The summed E-state index contributed by atoms with van der Waals surface area (Å²) < 4.78 is 0. The monoisotopic (exact) mass is 179 g/mol. The zero-order valence-electron chi connectivity index (χ0n) is 7.26. The lowest BCUT2D eigenvalue weighted by molar-refractivity contribution is 0.164. The standard InChI is InChI=1S/C8H17NO.ClH/c1-8(9-2)5-3-4-7(8)6-10;/h7,9-10H,3-6H2,1-2H3;1H. The number of hydrogen-bond donors (Lipinski definition) is 2. The summed E-state index contributed by atoms with van der Waals surface area (Å²) in [7, 11) is 1.98. The fourth-order valence-corrected chi connectivity index (χ4v) is 1.86. The van der Waals surface area contributed by atoms with Gasteiger partial charge in [0.15, 0.2) is 0 Å². The second kappa shape index (κ2) is 4.29. The molecule has 0 bridgehead atoms. The molecule has 1 aliphatic carbocycles. The fourth-order valence-electron chi connectivity index (χ4n) is 1.86.